The highest BCUT2D eigenvalue weighted by Gasteiger charge is 2.24. The van der Waals surface area contributed by atoms with Crippen molar-refractivity contribution in [2.75, 3.05) is 37.1 Å². The summed E-state index contributed by atoms with van der Waals surface area (Å²) in [5.41, 5.74) is 0.710. The van der Waals surface area contributed by atoms with Gasteiger partial charge in [-0.3, -0.25) is 4.90 Å². The van der Waals surface area contributed by atoms with Gasteiger partial charge < -0.3 is 14.2 Å². The molecule has 0 aliphatic rings. The minimum absolute atomic E-state index is 0.239. The molecule has 140 valence electrons. The molecule has 0 aliphatic carbocycles. The van der Waals surface area contributed by atoms with Gasteiger partial charge in [0.15, 0.2) is 0 Å². The third kappa shape index (κ3) is 6.46. The van der Waals surface area contributed by atoms with Crippen molar-refractivity contribution in [1.82, 2.24) is 0 Å². The van der Waals surface area contributed by atoms with Crippen LogP contribution in [0.3, 0.4) is 0 Å². The lowest BCUT2D eigenvalue weighted by molar-refractivity contribution is 0.0526. The highest BCUT2D eigenvalue weighted by Crippen LogP contribution is 2.28. The first-order valence-electron chi connectivity index (χ1n) is 8.53. The van der Waals surface area contributed by atoms with Gasteiger partial charge >= 0.3 is 12.1 Å². The van der Waals surface area contributed by atoms with Gasteiger partial charge in [0, 0.05) is 12.4 Å². The van der Waals surface area contributed by atoms with Gasteiger partial charge in [-0.2, -0.15) is 0 Å². The number of halogens is 1. The molecule has 1 aromatic rings. The molecule has 0 bridgehead atoms. The van der Waals surface area contributed by atoms with Gasteiger partial charge in [-0.15, -0.1) is 11.6 Å². The molecule has 0 saturated heterocycles. The van der Waals surface area contributed by atoms with E-state index < -0.39 is 12.1 Å². The molecule has 0 heterocycles. The number of anilines is 1. The van der Waals surface area contributed by atoms with Crippen LogP contribution in [0.4, 0.5) is 10.5 Å². The summed E-state index contributed by atoms with van der Waals surface area (Å²) < 4.78 is 15.7. The molecule has 0 fully saturated rings. The topological polar surface area (TPSA) is 65.1 Å². The Hall–Kier alpha value is -1.95. The highest BCUT2D eigenvalue weighted by molar-refractivity contribution is 6.17. The molecule has 0 N–H and O–H groups in total. The molecule has 25 heavy (non-hydrogen) atoms. The molecule has 0 saturated carbocycles. The fraction of sp³-hybridized carbons (Fsp3) is 0.556. The molecule has 0 aromatic heterocycles. The first-order valence-corrected chi connectivity index (χ1v) is 9.06. The quantitative estimate of drug-likeness (QED) is 0.349. The third-order valence-electron chi connectivity index (χ3n) is 3.32. The number of hydrogen-bond donors (Lipinski definition) is 0. The van der Waals surface area contributed by atoms with E-state index in [-0.39, 0.29) is 18.8 Å². The largest absolute Gasteiger partial charge is 0.494 e. The van der Waals surface area contributed by atoms with Crippen molar-refractivity contribution in [1.29, 1.82) is 0 Å². The molecule has 0 spiro atoms. The summed E-state index contributed by atoms with van der Waals surface area (Å²) >= 11 is 5.72. The van der Waals surface area contributed by atoms with Crippen LogP contribution in [0.25, 0.3) is 0 Å². The Morgan fingerprint density at radius 1 is 1.04 bits per heavy atom. The summed E-state index contributed by atoms with van der Waals surface area (Å²) in [7, 11) is 0. The zero-order chi connectivity index (χ0) is 18.7. The Morgan fingerprint density at radius 2 is 1.76 bits per heavy atom. The lowest BCUT2D eigenvalue weighted by Gasteiger charge is -2.24. The monoisotopic (exact) mass is 371 g/mol. The van der Waals surface area contributed by atoms with Crippen molar-refractivity contribution >= 4 is 29.4 Å². The van der Waals surface area contributed by atoms with Crippen molar-refractivity contribution in [3.63, 3.8) is 0 Å². The Kier molecular flexibility index (Phi) is 9.77. The Balaban J connectivity index is 3.24. The van der Waals surface area contributed by atoms with E-state index in [1.54, 1.807) is 32.0 Å². The van der Waals surface area contributed by atoms with Crippen LogP contribution < -0.4 is 9.64 Å². The fourth-order valence-corrected chi connectivity index (χ4v) is 2.44. The average Bonchev–Trinajstić information content (AvgIpc) is 2.60. The molecule has 0 atom stereocenters. The van der Waals surface area contributed by atoms with Crippen LogP contribution in [0.15, 0.2) is 18.2 Å². The zero-order valence-corrected chi connectivity index (χ0v) is 15.8. The number of carbonyl (C=O) groups is 2. The Bertz CT molecular complexity index is 564. The predicted molar refractivity (Wildman–Crippen MR) is 97.9 cm³/mol. The molecule has 6 nitrogen and oxygen atoms in total. The normalized spacial score (nSPS) is 10.2. The van der Waals surface area contributed by atoms with E-state index >= 15 is 0 Å². The van der Waals surface area contributed by atoms with Crippen molar-refractivity contribution in [3.05, 3.63) is 23.8 Å². The van der Waals surface area contributed by atoms with E-state index in [1.165, 1.54) is 4.90 Å². The van der Waals surface area contributed by atoms with E-state index in [1.807, 2.05) is 6.92 Å². The molecular formula is C18H26ClNO5. The molecular weight excluding hydrogens is 346 g/mol. The number of esters is 1. The summed E-state index contributed by atoms with van der Waals surface area (Å²) in [6, 6.07) is 4.98. The van der Waals surface area contributed by atoms with Gasteiger partial charge in [0.2, 0.25) is 0 Å². The molecule has 1 rings (SSSR count). The van der Waals surface area contributed by atoms with Crippen LogP contribution in [0, 0.1) is 0 Å². The van der Waals surface area contributed by atoms with Crippen LogP contribution in [-0.4, -0.2) is 44.3 Å². The minimum Gasteiger partial charge on any atom is -0.494 e. The van der Waals surface area contributed by atoms with Crippen LogP contribution in [0.1, 0.15) is 44.0 Å². The molecule has 0 aliphatic heterocycles. The van der Waals surface area contributed by atoms with E-state index in [0.29, 0.717) is 36.9 Å². The second-order valence-electron chi connectivity index (χ2n) is 5.08. The van der Waals surface area contributed by atoms with E-state index in [9.17, 15) is 9.59 Å². The second kappa shape index (κ2) is 11.6. The van der Waals surface area contributed by atoms with Gasteiger partial charge in [0.25, 0.3) is 0 Å². The van der Waals surface area contributed by atoms with Gasteiger partial charge in [0.05, 0.1) is 31.1 Å². The fourth-order valence-electron chi connectivity index (χ4n) is 2.26. The number of unbranched alkanes of at least 4 members (excludes halogenated alkanes) is 1. The molecule has 7 heteroatoms. The van der Waals surface area contributed by atoms with Crippen LogP contribution in [0.5, 0.6) is 5.75 Å². The number of rotatable bonds is 10. The van der Waals surface area contributed by atoms with E-state index in [0.717, 1.165) is 6.42 Å². The summed E-state index contributed by atoms with van der Waals surface area (Å²) in [4.78, 5) is 26.2. The maximum Gasteiger partial charge on any atom is 0.414 e. The lowest BCUT2D eigenvalue weighted by atomic mass is 10.1. The maximum atomic E-state index is 12.4. The standard InChI is InChI=1S/C18H26ClNO5/c1-4-23-14-9-10-16(15(13-14)17(21)24-5-2)20(12-8-7-11-19)18(22)25-6-3/h9-10,13H,4-8,11-12H2,1-3H3. The van der Waals surface area contributed by atoms with Crippen molar-refractivity contribution in [3.8, 4) is 5.75 Å². The van der Waals surface area contributed by atoms with Gasteiger partial charge in [0.1, 0.15) is 5.75 Å². The molecule has 1 aromatic carbocycles. The first-order chi connectivity index (χ1) is 12.1. The smallest absolute Gasteiger partial charge is 0.414 e. The Labute approximate surface area is 154 Å². The number of benzene rings is 1. The number of ether oxygens (including phenoxy) is 3. The summed E-state index contributed by atoms with van der Waals surface area (Å²) in [5.74, 6) is 0.537. The van der Waals surface area contributed by atoms with Gasteiger partial charge in [-0.1, -0.05) is 0 Å². The minimum atomic E-state index is -0.509. The van der Waals surface area contributed by atoms with Crippen LogP contribution in [0.2, 0.25) is 0 Å². The zero-order valence-electron chi connectivity index (χ0n) is 15.0. The Morgan fingerprint density at radius 3 is 2.36 bits per heavy atom. The average molecular weight is 372 g/mol. The number of amides is 1. The summed E-state index contributed by atoms with van der Waals surface area (Å²) in [6.07, 6.45) is 0.938. The van der Waals surface area contributed by atoms with Gasteiger partial charge in [-0.05, 0) is 51.8 Å². The van der Waals surface area contributed by atoms with Crippen molar-refractivity contribution < 1.29 is 23.8 Å². The molecule has 0 unspecified atom stereocenters. The summed E-state index contributed by atoms with van der Waals surface area (Å²) in [6.45, 7) is 6.67. The highest BCUT2D eigenvalue weighted by atomic mass is 35.5. The number of nitrogens with zero attached hydrogens (tertiary/aromatic N) is 1. The molecule has 1 amide bonds. The maximum absolute atomic E-state index is 12.4. The molecule has 0 radical (unpaired) electrons. The second-order valence-corrected chi connectivity index (χ2v) is 5.46. The van der Waals surface area contributed by atoms with E-state index in [2.05, 4.69) is 0 Å². The van der Waals surface area contributed by atoms with Crippen molar-refractivity contribution in [2.45, 2.75) is 33.6 Å². The predicted octanol–water partition coefficient (Wildman–Crippen LogP) is 4.24. The van der Waals surface area contributed by atoms with Crippen LogP contribution >= 0.6 is 11.6 Å². The number of hydrogen-bond acceptors (Lipinski definition) is 5. The first kappa shape index (κ1) is 21.1. The van der Waals surface area contributed by atoms with Gasteiger partial charge in [-0.25, -0.2) is 9.59 Å². The third-order valence-corrected chi connectivity index (χ3v) is 3.59. The number of alkyl halides is 1. The van der Waals surface area contributed by atoms with Crippen LogP contribution in [-0.2, 0) is 9.47 Å². The summed E-state index contributed by atoms with van der Waals surface area (Å²) in [5, 5.41) is 0. The number of carbonyl (C=O) groups excluding carboxylic acids is 2. The lowest BCUT2D eigenvalue weighted by Crippen LogP contribution is -2.34. The van der Waals surface area contributed by atoms with Crippen molar-refractivity contribution in [2.24, 2.45) is 0 Å². The van der Waals surface area contributed by atoms with E-state index in [4.69, 9.17) is 25.8 Å². The SMILES string of the molecule is CCOC(=O)c1cc(OCC)ccc1N(CCCCCl)C(=O)OCC.